The van der Waals surface area contributed by atoms with E-state index < -0.39 is 26.6 Å². The molecule has 0 spiro atoms. The first-order chi connectivity index (χ1) is 16.1. The number of pyridine rings is 2. The zero-order valence-electron chi connectivity index (χ0n) is 17.3. The van der Waals surface area contributed by atoms with Gasteiger partial charge in [-0.25, -0.2) is 21.8 Å². The van der Waals surface area contributed by atoms with Gasteiger partial charge in [-0.1, -0.05) is 33.0 Å². The van der Waals surface area contributed by atoms with Gasteiger partial charge >= 0.3 is 0 Å². The summed E-state index contributed by atoms with van der Waals surface area (Å²) in [6.45, 7) is -0.591. The van der Waals surface area contributed by atoms with Crippen molar-refractivity contribution in [1.29, 1.82) is 0 Å². The first kappa shape index (κ1) is 25.0. The predicted molar refractivity (Wildman–Crippen MR) is 133 cm³/mol. The average Bonchev–Trinajstić information content (AvgIpc) is 3.46. The molecule has 14 heteroatoms. The van der Waals surface area contributed by atoms with Crippen molar-refractivity contribution in [3.8, 4) is 17.1 Å². The smallest absolute Gasteiger partial charge is 0.266 e. The van der Waals surface area contributed by atoms with Gasteiger partial charge in [0.1, 0.15) is 14.2 Å². The molecule has 0 saturated heterocycles. The van der Waals surface area contributed by atoms with Gasteiger partial charge in [0.2, 0.25) is 0 Å². The van der Waals surface area contributed by atoms with Crippen LogP contribution in [0.1, 0.15) is 5.69 Å². The van der Waals surface area contributed by atoms with Crippen LogP contribution in [0.3, 0.4) is 0 Å². The van der Waals surface area contributed by atoms with Crippen molar-refractivity contribution < 1.29 is 21.6 Å². The molecule has 4 rings (SSSR count). The normalized spacial score (nSPS) is 12.2. The Labute approximate surface area is 214 Å². The summed E-state index contributed by atoms with van der Waals surface area (Å²) >= 11 is 13.4. The van der Waals surface area contributed by atoms with Crippen LogP contribution in [0, 0.1) is 0 Å². The predicted octanol–water partition coefficient (Wildman–Crippen LogP) is 5.16. The lowest BCUT2D eigenvalue weighted by molar-refractivity contribution is 0.412. The maximum Gasteiger partial charge on any atom is 0.266 e. The van der Waals surface area contributed by atoms with E-state index in [9.17, 15) is 16.8 Å². The van der Waals surface area contributed by atoms with Crippen LogP contribution in [0.15, 0.2) is 69.2 Å². The minimum Gasteiger partial charge on any atom is -0.497 e. The van der Waals surface area contributed by atoms with Gasteiger partial charge < -0.3 is 4.74 Å². The number of aromatic nitrogens is 2. The second-order valence-corrected chi connectivity index (χ2v) is 14.5. The average molecular weight is 577 g/mol. The molecule has 0 saturated carbocycles. The molecule has 4 heterocycles. The first-order valence-corrected chi connectivity index (χ1v) is 14.6. The molecular weight excluding hydrogens is 561 g/mol. The number of thiophene rings is 2. The molecule has 4 aromatic rings. The third-order valence-electron chi connectivity index (χ3n) is 4.45. The lowest BCUT2D eigenvalue weighted by Crippen LogP contribution is -2.36. The van der Waals surface area contributed by atoms with E-state index >= 15 is 0 Å². The highest BCUT2D eigenvalue weighted by Crippen LogP contribution is 2.35. The Bertz CT molecular complexity index is 1470. The molecule has 0 aliphatic rings. The van der Waals surface area contributed by atoms with Gasteiger partial charge in [-0.05, 0) is 36.4 Å². The van der Waals surface area contributed by atoms with E-state index in [2.05, 4.69) is 9.97 Å². The number of nitrogens with zero attached hydrogens (tertiary/aromatic N) is 3. The number of rotatable bonds is 8. The quantitative estimate of drug-likeness (QED) is 0.285. The number of sulfonamides is 2. The van der Waals surface area contributed by atoms with Gasteiger partial charge in [-0.15, -0.1) is 22.7 Å². The molecule has 0 aromatic carbocycles. The van der Waals surface area contributed by atoms with Gasteiger partial charge in [0.15, 0.2) is 0 Å². The molecule has 0 radical (unpaired) electrons. The van der Waals surface area contributed by atoms with Crippen LogP contribution in [0.25, 0.3) is 11.4 Å². The minimum atomic E-state index is -4.53. The fraction of sp³-hybridized carbons (Fsp3) is 0.100. The Morgan fingerprint density at radius 3 is 1.97 bits per heavy atom. The molecule has 8 nitrogen and oxygen atoms in total. The molecule has 0 amide bonds. The van der Waals surface area contributed by atoms with E-state index in [0.29, 0.717) is 20.8 Å². The van der Waals surface area contributed by atoms with Crippen molar-refractivity contribution in [3.05, 3.63) is 75.2 Å². The molecule has 0 atom stereocenters. The maximum atomic E-state index is 13.5. The molecule has 178 valence electrons. The van der Waals surface area contributed by atoms with E-state index in [0.717, 1.165) is 22.7 Å². The molecule has 4 aromatic heterocycles. The molecular formula is C20H15Cl2N3O5S4. The maximum absolute atomic E-state index is 13.5. The molecule has 0 fully saturated rings. The van der Waals surface area contributed by atoms with Gasteiger partial charge in [0.25, 0.3) is 20.0 Å². The molecule has 0 unspecified atom stereocenters. The SMILES string of the molecule is COc1cc(CN(S(=O)(=O)c2ccc(Cl)s2)S(=O)(=O)c2ccc(Cl)s2)nc(-c2ccccn2)c1. The second kappa shape index (κ2) is 9.90. The second-order valence-electron chi connectivity index (χ2n) is 6.66. The summed E-state index contributed by atoms with van der Waals surface area (Å²) in [4.78, 5) is 8.71. The van der Waals surface area contributed by atoms with Crippen LogP contribution in [-0.4, -0.2) is 37.6 Å². The molecule has 0 aliphatic heterocycles. The van der Waals surface area contributed by atoms with E-state index in [1.54, 1.807) is 30.5 Å². The number of hydrogen-bond acceptors (Lipinski definition) is 9. The first-order valence-electron chi connectivity index (χ1n) is 9.36. The van der Waals surface area contributed by atoms with Gasteiger partial charge in [-0.2, -0.15) is 0 Å². The Hall–Kier alpha value is -2.06. The van der Waals surface area contributed by atoms with Crippen molar-refractivity contribution in [2.45, 2.75) is 15.0 Å². The van der Waals surface area contributed by atoms with E-state index in [4.69, 9.17) is 27.9 Å². The molecule has 0 bridgehead atoms. The zero-order chi connectivity index (χ0) is 24.5. The van der Waals surface area contributed by atoms with Crippen molar-refractivity contribution >= 4 is 65.9 Å². The minimum absolute atomic E-state index is 0.137. The van der Waals surface area contributed by atoms with Gasteiger partial charge in [-0.3, -0.25) is 4.98 Å². The van der Waals surface area contributed by atoms with Crippen LogP contribution in [0.5, 0.6) is 5.75 Å². The third kappa shape index (κ3) is 5.13. The summed E-state index contributed by atoms with van der Waals surface area (Å²) in [5.74, 6) is 0.360. The zero-order valence-corrected chi connectivity index (χ0v) is 22.0. The van der Waals surface area contributed by atoms with Crippen molar-refractivity contribution in [3.63, 3.8) is 0 Å². The summed E-state index contributed by atoms with van der Waals surface area (Å²) in [6, 6.07) is 13.6. The van der Waals surface area contributed by atoms with E-state index in [1.165, 1.54) is 37.4 Å². The highest BCUT2D eigenvalue weighted by atomic mass is 35.5. The molecule has 0 N–H and O–H groups in total. The summed E-state index contributed by atoms with van der Waals surface area (Å²) in [5.41, 5.74) is 1.04. The van der Waals surface area contributed by atoms with Gasteiger partial charge in [0.05, 0.1) is 39.4 Å². The number of halogens is 2. The lowest BCUT2D eigenvalue weighted by atomic mass is 10.2. The van der Waals surface area contributed by atoms with Crippen LogP contribution < -0.4 is 4.74 Å². The highest BCUT2D eigenvalue weighted by molar-refractivity contribution is 8.05. The van der Waals surface area contributed by atoms with E-state index in [-0.39, 0.29) is 22.8 Å². The van der Waals surface area contributed by atoms with Crippen LogP contribution >= 0.6 is 45.9 Å². The van der Waals surface area contributed by atoms with E-state index in [1.807, 2.05) is 0 Å². The number of hydrogen-bond donors (Lipinski definition) is 0. The Balaban J connectivity index is 1.85. The molecule has 34 heavy (non-hydrogen) atoms. The van der Waals surface area contributed by atoms with Crippen molar-refractivity contribution in [2.75, 3.05) is 7.11 Å². The Kier molecular flexibility index (Phi) is 7.29. The fourth-order valence-corrected chi connectivity index (χ4v) is 9.94. The standard InChI is InChI=1S/C20H15Cl2N3O5S4/c1-30-14-10-13(24-16(11-14)15-4-2-3-9-23-15)12-25(33(26,27)19-7-5-17(21)31-19)34(28,29)20-8-6-18(22)32-20/h2-11H,12H2,1H3. The number of methoxy groups -OCH3 is 1. The summed E-state index contributed by atoms with van der Waals surface area (Å²) < 4.78 is 59.6. The Morgan fingerprint density at radius 2 is 1.50 bits per heavy atom. The highest BCUT2D eigenvalue weighted by Gasteiger charge is 2.39. The summed E-state index contributed by atoms with van der Waals surface area (Å²) in [6.07, 6.45) is 1.58. The fourth-order valence-electron chi connectivity index (χ4n) is 2.91. The van der Waals surface area contributed by atoms with Gasteiger partial charge in [0, 0.05) is 18.3 Å². The largest absolute Gasteiger partial charge is 0.497 e. The summed E-state index contributed by atoms with van der Waals surface area (Å²) in [7, 11) is -7.61. The lowest BCUT2D eigenvalue weighted by Gasteiger charge is -2.21. The van der Waals surface area contributed by atoms with Crippen LogP contribution in [0.4, 0.5) is 0 Å². The summed E-state index contributed by atoms with van der Waals surface area (Å²) in [5, 5.41) is 0. The van der Waals surface area contributed by atoms with Crippen LogP contribution in [0.2, 0.25) is 8.67 Å². The topological polar surface area (TPSA) is 107 Å². The van der Waals surface area contributed by atoms with Crippen molar-refractivity contribution in [2.24, 2.45) is 0 Å². The third-order valence-corrected chi connectivity index (χ3v) is 12.1. The van der Waals surface area contributed by atoms with Crippen molar-refractivity contribution in [1.82, 2.24) is 13.7 Å². The monoisotopic (exact) mass is 575 g/mol. The van der Waals surface area contributed by atoms with Crippen LogP contribution in [-0.2, 0) is 26.6 Å². The number of ether oxygens (including phenoxy) is 1. The Morgan fingerprint density at radius 1 is 0.882 bits per heavy atom. The molecule has 0 aliphatic carbocycles.